The van der Waals surface area contributed by atoms with Crippen LogP contribution in [0.4, 0.5) is 5.69 Å². The van der Waals surface area contributed by atoms with Crippen molar-refractivity contribution in [3.8, 4) is 0 Å². The molecular weight excluding hydrogens is 316 g/mol. The van der Waals surface area contributed by atoms with Gasteiger partial charge >= 0.3 is 0 Å². The Morgan fingerprint density at radius 1 is 1.56 bits per heavy atom. The van der Waals surface area contributed by atoms with Crippen molar-refractivity contribution in [1.82, 2.24) is 14.8 Å². The van der Waals surface area contributed by atoms with Crippen molar-refractivity contribution in [1.29, 1.82) is 0 Å². The summed E-state index contributed by atoms with van der Waals surface area (Å²) >= 11 is 4.90. The summed E-state index contributed by atoms with van der Waals surface area (Å²) in [7, 11) is 0. The van der Waals surface area contributed by atoms with E-state index in [4.69, 9.17) is 0 Å². The molecule has 0 saturated heterocycles. The van der Waals surface area contributed by atoms with Crippen LogP contribution in [0, 0.1) is 6.92 Å². The summed E-state index contributed by atoms with van der Waals surface area (Å²) in [5, 5.41) is 7.28. The quantitative estimate of drug-likeness (QED) is 0.936. The highest BCUT2D eigenvalue weighted by atomic mass is 79.9. The fraction of sp³-hybridized carbons (Fsp3) is 0.364. The van der Waals surface area contributed by atoms with Crippen molar-refractivity contribution in [3.05, 3.63) is 37.1 Å². The highest BCUT2D eigenvalue weighted by molar-refractivity contribution is 9.10. The number of anilines is 1. The van der Waals surface area contributed by atoms with Crippen LogP contribution in [0.25, 0.3) is 0 Å². The summed E-state index contributed by atoms with van der Waals surface area (Å²) in [4.78, 5) is 17.2. The second kappa shape index (κ2) is 5.62. The van der Waals surface area contributed by atoms with Gasteiger partial charge in [0.15, 0.2) is 0 Å². The summed E-state index contributed by atoms with van der Waals surface area (Å²) in [6, 6.07) is 0. The molecule has 7 heteroatoms. The number of nitrogens with zero attached hydrogens (tertiary/aromatic N) is 3. The smallest absolute Gasteiger partial charge is 0.283 e. The van der Waals surface area contributed by atoms with Gasteiger partial charge in [0.1, 0.15) is 4.47 Å². The van der Waals surface area contributed by atoms with Crippen LogP contribution in [0.5, 0.6) is 0 Å². The largest absolute Gasteiger partial charge is 0.378 e. The minimum absolute atomic E-state index is 0.122. The Labute approximate surface area is 117 Å². The van der Waals surface area contributed by atoms with Crippen molar-refractivity contribution in [3.63, 3.8) is 0 Å². The number of thiazole rings is 1. The number of aromatic nitrogens is 3. The van der Waals surface area contributed by atoms with Gasteiger partial charge in [0.25, 0.3) is 5.56 Å². The van der Waals surface area contributed by atoms with Crippen LogP contribution in [-0.2, 0) is 13.1 Å². The molecule has 0 bridgehead atoms. The number of halogens is 1. The van der Waals surface area contributed by atoms with Gasteiger partial charge in [-0.1, -0.05) is 0 Å². The molecule has 0 aliphatic heterocycles. The van der Waals surface area contributed by atoms with E-state index in [-0.39, 0.29) is 5.56 Å². The number of hydrogen-bond donors (Lipinski definition) is 1. The number of rotatable bonds is 4. The maximum Gasteiger partial charge on any atom is 0.283 e. The average molecular weight is 329 g/mol. The van der Waals surface area contributed by atoms with Crippen LogP contribution in [0.2, 0.25) is 0 Å². The minimum atomic E-state index is -0.122. The monoisotopic (exact) mass is 328 g/mol. The third-order valence-electron chi connectivity index (χ3n) is 2.57. The fourth-order valence-corrected chi connectivity index (χ4v) is 2.65. The number of nitrogens with one attached hydrogen (secondary N) is 1. The van der Waals surface area contributed by atoms with E-state index in [1.807, 2.05) is 19.4 Å². The van der Waals surface area contributed by atoms with E-state index in [1.165, 1.54) is 4.68 Å². The molecule has 0 saturated carbocycles. The summed E-state index contributed by atoms with van der Waals surface area (Å²) in [6.07, 6.45) is 1.66. The van der Waals surface area contributed by atoms with Crippen LogP contribution in [-0.4, -0.2) is 14.8 Å². The van der Waals surface area contributed by atoms with Gasteiger partial charge in [-0.2, -0.15) is 5.10 Å². The summed E-state index contributed by atoms with van der Waals surface area (Å²) < 4.78 is 1.93. The standard InChI is InChI=1S/C11H13BrN4OS/c1-3-16-11(17)10(12)8(4-15-16)13-5-9-7(2)14-6-18-9/h4,6,13H,3,5H2,1-2H3. The van der Waals surface area contributed by atoms with Crippen LogP contribution in [0.15, 0.2) is 21.0 Å². The Hall–Kier alpha value is -1.21. The summed E-state index contributed by atoms with van der Waals surface area (Å²) in [6.45, 7) is 5.06. The van der Waals surface area contributed by atoms with Crippen LogP contribution < -0.4 is 10.9 Å². The van der Waals surface area contributed by atoms with Crippen molar-refractivity contribution >= 4 is 33.0 Å². The maximum atomic E-state index is 11.9. The molecule has 0 aromatic carbocycles. The van der Waals surface area contributed by atoms with Crippen molar-refractivity contribution in [2.75, 3.05) is 5.32 Å². The van der Waals surface area contributed by atoms with Crippen LogP contribution >= 0.6 is 27.3 Å². The normalized spacial score (nSPS) is 10.6. The Morgan fingerprint density at radius 2 is 2.33 bits per heavy atom. The van der Waals surface area contributed by atoms with Crippen molar-refractivity contribution in [2.24, 2.45) is 0 Å². The molecule has 0 atom stereocenters. The second-order valence-electron chi connectivity index (χ2n) is 3.71. The van der Waals surface area contributed by atoms with Crippen molar-refractivity contribution < 1.29 is 0 Å². The topological polar surface area (TPSA) is 59.8 Å². The van der Waals surface area contributed by atoms with Gasteiger partial charge in [0, 0.05) is 11.4 Å². The van der Waals surface area contributed by atoms with Crippen LogP contribution in [0.1, 0.15) is 17.5 Å². The highest BCUT2D eigenvalue weighted by Gasteiger charge is 2.08. The molecule has 2 aromatic heterocycles. The molecular formula is C11H13BrN4OS. The van der Waals surface area contributed by atoms with Crippen molar-refractivity contribution in [2.45, 2.75) is 26.9 Å². The SMILES string of the molecule is CCn1ncc(NCc2scnc2C)c(Br)c1=O. The van der Waals surface area contributed by atoms with Gasteiger partial charge in [-0.3, -0.25) is 4.79 Å². The van der Waals surface area contributed by atoms with E-state index in [0.29, 0.717) is 23.2 Å². The fourth-order valence-electron chi connectivity index (χ4n) is 1.48. The van der Waals surface area contributed by atoms with Gasteiger partial charge < -0.3 is 5.32 Å². The van der Waals surface area contributed by atoms with E-state index in [9.17, 15) is 4.79 Å². The lowest BCUT2D eigenvalue weighted by atomic mass is 10.3. The van der Waals surface area contributed by atoms with E-state index >= 15 is 0 Å². The van der Waals surface area contributed by atoms with E-state index < -0.39 is 0 Å². The third-order valence-corrected chi connectivity index (χ3v) is 4.27. The summed E-state index contributed by atoms with van der Waals surface area (Å²) in [5.41, 5.74) is 3.41. The lowest BCUT2D eigenvalue weighted by Gasteiger charge is -2.08. The molecule has 0 spiro atoms. The molecule has 0 radical (unpaired) electrons. The number of hydrogen-bond acceptors (Lipinski definition) is 5. The highest BCUT2D eigenvalue weighted by Crippen LogP contribution is 2.19. The van der Waals surface area contributed by atoms with Gasteiger partial charge in [-0.25, -0.2) is 9.67 Å². The zero-order valence-electron chi connectivity index (χ0n) is 10.1. The minimum Gasteiger partial charge on any atom is -0.378 e. The molecule has 2 heterocycles. The molecule has 96 valence electrons. The molecule has 0 aliphatic rings. The Bertz CT molecular complexity index is 607. The lowest BCUT2D eigenvalue weighted by molar-refractivity contribution is 0.613. The zero-order chi connectivity index (χ0) is 13.1. The average Bonchev–Trinajstić information content (AvgIpc) is 2.77. The molecule has 0 unspecified atom stereocenters. The van der Waals surface area contributed by atoms with Gasteiger partial charge in [-0.15, -0.1) is 11.3 Å². The molecule has 0 fully saturated rings. The molecule has 0 amide bonds. The lowest BCUT2D eigenvalue weighted by Crippen LogP contribution is -2.23. The Kier molecular flexibility index (Phi) is 4.13. The Morgan fingerprint density at radius 3 is 2.94 bits per heavy atom. The third kappa shape index (κ3) is 2.62. The van der Waals surface area contributed by atoms with E-state index in [2.05, 4.69) is 31.3 Å². The first-order valence-corrected chi connectivity index (χ1v) is 7.19. The van der Waals surface area contributed by atoms with E-state index in [0.717, 1.165) is 10.6 Å². The first-order valence-electron chi connectivity index (χ1n) is 5.52. The number of aryl methyl sites for hydroxylation is 2. The predicted octanol–water partition coefficient (Wildman–Crippen LogP) is 2.40. The molecule has 0 aliphatic carbocycles. The zero-order valence-corrected chi connectivity index (χ0v) is 12.5. The first-order chi connectivity index (χ1) is 8.63. The molecule has 1 N–H and O–H groups in total. The molecule has 2 aromatic rings. The molecule has 5 nitrogen and oxygen atoms in total. The summed E-state index contributed by atoms with van der Waals surface area (Å²) in [5.74, 6) is 0. The van der Waals surface area contributed by atoms with Gasteiger partial charge in [0.05, 0.1) is 29.6 Å². The maximum absolute atomic E-state index is 11.9. The molecule has 18 heavy (non-hydrogen) atoms. The predicted molar refractivity (Wildman–Crippen MR) is 76.0 cm³/mol. The molecule has 2 rings (SSSR count). The second-order valence-corrected chi connectivity index (χ2v) is 5.44. The Balaban J connectivity index is 2.18. The van der Waals surface area contributed by atoms with Gasteiger partial charge in [-0.05, 0) is 29.8 Å². The van der Waals surface area contributed by atoms with Crippen LogP contribution in [0.3, 0.4) is 0 Å². The van der Waals surface area contributed by atoms with E-state index in [1.54, 1.807) is 17.5 Å². The van der Waals surface area contributed by atoms with Gasteiger partial charge in [0.2, 0.25) is 0 Å². The first kappa shape index (κ1) is 13.2.